The quantitative estimate of drug-likeness (QED) is 0.699. The molecule has 0 amide bonds. The molecule has 29 heavy (non-hydrogen) atoms. The second-order valence-electron chi connectivity index (χ2n) is 6.46. The molecule has 160 valence electrons. The minimum Gasteiger partial charge on any atom is -0.368 e. The Hall–Kier alpha value is -2.12. The van der Waals surface area contributed by atoms with Gasteiger partial charge in [-0.2, -0.15) is 17.5 Å². The van der Waals surface area contributed by atoms with Crippen molar-refractivity contribution in [2.24, 2.45) is 0 Å². The van der Waals surface area contributed by atoms with Gasteiger partial charge in [-0.3, -0.25) is 0 Å². The number of anilines is 1. The van der Waals surface area contributed by atoms with Crippen LogP contribution in [-0.2, 0) is 19.9 Å². The lowest BCUT2D eigenvalue weighted by Crippen LogP contribution is -2.49. The van der Waals surface area contributed by atoms with Crippen LogP contribution in [0.4, 0.5) is 18.9 Å². The smallest absolute Gasteiger partial charge is 0.368 e. The summed E-state index contributed by atoms with van der Waals surface area (Å²) in [5, 5.41) is 3.64. The van der Waals surface area contributed by atoms with Crippen LogP contribution in [0, 0.1) is 13.8 Å². The Morgan fingerprint density at radius 3 is 2.10 bits per heavy atom. The lowest BCUT2D eigenvalue weighted by molar-refractivity contribution is -0.0435. The summed E-state index contributed by atoms with van der Waals surface area (Å²) < 4.78 is 94.6. The van der Waals surface area contributed by atoms with E-state index in [9.17, 15) is 30.0 Å². The average Bonchev–Trinajstić information content (AvgIpc) is 3.00. The number of aromatic nitrogens is 1. The molecule has 1 aliphatic rings. The molecule has 2 heterocycles. The summed E-state index contributed by atoms with van der Waals surface area (Å²) >= 11 is 0. The zero-order chi connectivity index (χ0) is 21.6. The first-order chi connectivity index (χ1) is 13.4. The number of nitrogens with zero attached hydrogens (tertiary/aromatic N) is 3. The largest absolute Gasteiger partial charge is 0.501 e. The fourth-order valence-electron chi connectivity index (χ4n) is 3.21. The van der Waals surface area contributed by atoms with Crippen LogP contribution in [0.25, 0.3) is 0 Å². The zero-order valence-electron chi connectivity index (χ0n) is 15.5. The predicted molar refractivity (Wildman–Crippen MR) is 96.6 cm³/mol. The van der Waals surface area contributed by atoms with E-state index in [1.54, 1.807) is 0 Å². The molecule has 3 rings (SSSR count). The van der Waals surface area contributed by atoms with Gasteiger partial charge in [0.05, 0.1) is 10.6 Å². The number of hydrogen-bond donors (Lipinski definition) is 0. The van der Waals surface area contributed by atoms with E-state index in [-0.39, 0.29) is 48.2 Å². The molecule has 0 N–H and O–H groups in total. The maximum absolute atomic E-state index is 13.0. The molecule has 0 aliphatic carbocycles. The lowest BCUT2D eigenvalue weighted by atomic mass is 10.2. The summed E-state index contributed by atoms with van der Waals surface area (Å²) in [6.07, 6.45) is 0. The number of sulfone groups is 1. The van der Waals surface area contributed by atoms with Gasteiger partial charge >= 0.3 is 5.51 Å². The topological polar surface area (TPSA) is 101 Å². The van der Waals surface area contributed by atoms with Gasteiger partial charge in [-0.1, -0.05) is 17.3 Å². The standard InChI is InChI=1S/C16H18F3N3O5S2/c1-11-15(12(2)27-20-11)29(25,26)22-9-7-21(8-10-22)13-5-3-4-6-14(13)28(23,24)16(17,18)19/h3-6H,7-10H2,1-2H3. The van der Waals surface area contributed by atoms with E-state index in [0.717, 1.165) is 6.07 Å². The van der Waals surface area contributed by atoms with Crippen molar-refractivity contribution in [3.8, 4) is 0 Å². The summed E-state index contributed by atoms with van der Waals surface area (Å²) in [5.74, 6) is 0.145. The molecule has 0 unspecified atom stereocenters. The van der Waals surface area contributed by atoms with E-state index in [1.807, 2.05) is 0 Å². The second kappa shape index (κ2) is 7.29. The van der Waals surface area contributed by atoms with Crippen LogP contribution in [0.3, 0.4) is 0 Å². The first kappa shape index (κ1) is 21.6. The highest BCUT2D eigenvalue weighted by atomic mass is 32.2. The molecule has 2 aromatic rings. The summed E-state index contributed by atoms with van der Waals surface area (Å²) in [6, 6.07) is 4.81. The molecule has 1 aromatic carbocycles. The number of para-hydroxylation sites is 1. The zero-order valence-corrected chi connectivity index (χ0v) is 17.1. The Labute approximate surface area is 165 Å². The van der Waals surface area contributed by atoms with Crippen molar-refractivity contribution in [2.75, 3.05) is 31.1 Å². The van der Waals surface area contributed by atoms with Crippen LogP contribution in [0.2, 0.25) is 0 Å². The van der Waals surface area contributed by atoms with E-state index >= 15 is 0 Å². The molecule has 1 aliphatic heterocycles. The van der Waals surface area contributed by atoms with Crippen molar-refractivity contribution >= 4 is 25.5 Å². The van der Waals surface area contributed by atoms with Crippen molar-refractivity contribution in [3.05, 3.63) is 35.7 Å². The third-order valence-electron chi connectivity index (χ3n) is 4.60. The van der Waals surface area contributed by atoms with Gasteiger partial charge in [0, 0.05) is 26.2 Å². The highest BCUT2D eigenvalue weighted by molar-refractivity contribution is 7.92. The molecule has 0 saturated carbocycles. The lowest BCUT2D eigenvalue weighted by Gasteiger charge is -2.36. The SMILES string of the molecule is Cc1noc(C)c1S(=O)(=O)N1CCN(c2ccccc2S(=O)(=O)C(F)(F)F)CC1. The van der Waals surface area contributed by atoms with E-state index in [2.05, 4.69) is 5.16 Å². The number of sulfonamides is 1. The molecule has 1 saturated heterocycles. The minimum absolute atomic E-state index is 0.0208. The number of rotatable bonds is 4. The van der Waals surface area contributed by atoms with Crippen LogP contribution in [0.5, 0.6) is 0 Å². The fourth-order valence-corrected chi connectivity index (χ4v) is 5.90. The molecule has 1 aromatic heterocycles. The van der Waals surface area contributed by atoms with Crippen LogP contribution in [0.15, 0.2) is 38.6 Å². The molecule has 8 nitrogen and oxygen atoms in total. The van der Waals surface area contributed by atoms with Gasteiger partial charge in [-0.05, 0) is 26.0 Å². The maximum atomic E-state index is 13.0. The number of aryl methyl sites for hydroxylation is 2. The summed E-state index contributed by atoms with van der Waals surface area (Å²) in [4.78, 5) is 0.540. The predicted octanol–water partition coefficient (Wildman–Crippen LogP) is 2.10. The fraction of sp³-hybridized carbons (Fsp3) is 0.438. The third kappa shape index (κ3) is 3.73. The van der Waals surface area contributed by atoms with E-state index in [1.165, 1.54) is 41.3 Å². The van der Waals surface area contributed by atoms with Crippen molar-refractivity contribution < 1.29 is 34.5 Å². The molecule has 0 spiro atoms. The van der Waals surface area contributed by atoms with Gasteiger partial charge < -0.3 is 9.42 Å². The van der Waals surface area contributed by atoms with E-state index < -0.39 is 30.3 Å². The second-order valence-corrected chi connectivity index (χ2v) is 10.2. The van der Waals surface area contributed by atoms with Crippen LogP contribution in [-0.4, -0.2) is 58.0 Å². The Bertz CT molecular complexity index is 1100. The minimum atomic E-state index is -5.54. The van der Waals surface area contributed by atoms with Crippen LogP contribution >= 0.6 is 0 Å². The van der Waals surface area contributed by atoms with Gasteiger partial charge in [-0.15, -0.1) is 0 Å². The number of halogens is 3. The van der Waals surface area contributed by atoms with Crippen molar-refractivity contribution in [1.82, 2.24) is 9.46 Å². The summed E-state index contributed by atoms with van der Waals surface area (Å²) in [6.45, 7) is 2.94. The monoisotopic (exact) mass is 453 g/mol. The third-order valence-corrected chi connectivity index (χ3v) is 8.28. The van der Waals surface area contributed by atoms with Crippen molar-refractivity contribution in [2.45, 2.75) is 29.1 Å². The number of benzene rings is 1. The van der Waals surface area contributed by atoms with Crippen LogP contribution in [0.1, 0.15) is 11.5 Å². The van der Waals surface area contributed by atoms with Crippen molar-refractivity contribution in [1.29, 1.82) is 0 Å². The summed E-state index contributed by atoms with van der Waals surface area (Å²) in [5.41, 5.74) is -5.33. The Balaban J connectivity index is 1.86. The Morgan fingerprint density at radius 2 is 1.59 bits per heavy atom. The average molecular weight is 453 g/mol. The van der Waals surface area contributed by atoms with Gasteiger partial charge in [0.25, 0.3) is 9.84 Å². The van der Waals surface area contributed by atoms with E-state index in [0.29, 0.717) is 0 Å². The molecule has 0 atom stereocenters. The molecule has 0 radical (unpaired) electrons. The van der Waals surface area contributed by atoms with Crippen LogP contribution < -0.4 is 4.90 Å². The molecule has 13 heteroatoms. The van der Waals surface area contributed by atoms with Gasteiger partial charge in [0.2, 0.25) is 10.0 Å². The highest BCUT2D eigenvalue weighted by Crippen LogP contribution is 2.36. The Morgan fingerprint density at radius 1 is 1.00 bits per heavy atom. The molecular formula is C16H18F3N3O5S2. The maximum Gasteiger partial charge on any atom is 0.501 e. The van der Waals surface area contributed by atoms with Gasteiger partial charge in [0.1, 0.15) is 10.6 Å². The normalized spacial score (nSPS) is 16.9. The number of hydrogen-bond acceptors (Lipinski definition) is 7. The number of alkyl halides is 3. The number of piperazine rings is 1. The molecule has 1 fully saturated rings. The Kier molecular flexibility index (Phi) is 5.43. The molecule has 0 bridgehead atoms. The van der Waals surface area contributed by atoms with E-state index in [4.69, 9.17) is 4.52 Å². The highest BCUT2D eigenvalue weighted by Gasteiger charge is 2.48. The molecular weight excluding hydrogens is 435 g/mol. The summed E-state index contributed by atoms with van der Waals surface area (Å²) in [7, 11) is -9.43. The van der Waals surface area contributed by atoms with Crippen molar-refractivity contribution in [3.63, 3.8) is 0 Å². The van der Waals surface area contributed by atoms with Gasteiger partial charge in [-0.25, -0.2) is 16.8 Å². The van der Waals surface area contributed by atoms with Gasteiger partial charge in [0.15, 0.2) is 5.76 Å². The first-order valence-corrected chi connectivity index (χ1v) is 11.4. The first-order valence-electron chi connectivity index (χ1n) is 8.45.